The van der Waals surface area contributed by atoms with Gasteiger partial charge in [0, 0.05) is 53.7 Å². The smallest absolute Gasteiger partial charge is 0.251 e. The van der Waals surface area contributed by atoms with E-state index in [2.05, 4.69) is 34.1 Å². The lowest BCUT2D eigenvalue weighted by Gasteiger charge is -2.15. The highest BCUT2D eigenvalue weighted by Gasteiger charge is 2.19. The predicted octanol–water partition coefficient (Wildman–Crippen LogP) is 4.65. The zero-order chi connectivity index (χ0) is 21.7. The first-order valence-corrected chi connectivity index (χ1v) is 10.2. The van der Waals surface area contributed by atoms with Crippen LogP contribution in [-0.2, 0) is 11.2 Å². The van der Waals surface area contributed by atoms with Crippen molar-refractivity contribution in [3.05, 3.63) is 65.6 Å². The summed E-state index contributed by atoms with van der Waals surface area (Å²) < 4.78 is 0. The molecule has 0 aliphatic rings. The quantitative estimate of drug-likeness (QED) is 0.511. The molecule has 2 heterocycles. The van der Waals surface area contributed by atoms with Crippen LogP contribution in [0.25, 0.3) is 17.0 Å². The van der Waals surface area contributed by atoms with E-state index in [1.807, 2.05) is 25.1 Å². The first-order valence-electron chi connectivity index (χ1n) is 10.2. The van der Waals surface area contributed by atoms with E-state index in [9.17, 15) is 9.59 Å². The normalized spacial score (nSPS) is 11.8. The fraction of sp³-hybridized carbons (Fsp3) is 0.292. The maximum absolute atomic E-state index is 12.8. The molecule has 6 nitrogen and oxygen atoms in total. The summed E-state index contributed by atoms with van der Waals surface area (Å²) >= 11 is 0. The minimum Gasteiger partial charge on any atom is -0.358 e. The summed E-state index contributed by atoms with van der Waals surface area (Å²) in [6.45, 7) is 8.01. The van der Waals surface area contributed by atoms with Crippen LogP contribution in [0.3, 0.4) is 0 Å². The van der Waals surface area contributed by atoms with Gasteiger partial charge < -0.3 is 15.6 Å². The molecule has 1 atom stereocenters. The Kier molecular flexibility index (Phi) is 6.67. The van der Waals surface area contributed by atoms with E-state index >= 15 is 0 Å². The molecule has 0 fully saturated rings. The van der Waals surface area contributed by atoms with Crippen molar-refractivity contribution in [2.75, 3.05) is 12.4 Å². The summed E-state index contributed by atoms with van der Waals surface area (Å²) in [7, 11) is 1.60. The third kappa shape index (κ3) is 4.27. The number of nitrogens with one attached hydrogen (secondary N) is 3. The molecule has 1 unspecified atom stereocenters. The molecule has 2 aromatic heterocycles. The number of carbonyl (C=O) groups excluding carboxylic acids is 2. The first-order chi connectivity index (χ1) is 14.5. The molecule has 0 aliphatic heterocycles. The maximum Gasteiger partial charge on any atom is 0.251 e. The number of fused-ring (bicyclic) bond motifs is 1. The number of aromatic amines is 1. The fourth-order valence-electron chi connectivity index (χ4n) is 3.85. The molecule has 0 bridgehead atoms. The third-order valence-corrected chi connectivity index (χ3v) is 5.41. The van der Waals surface area contributed by atoms with Crippen molar-refractivity contribution < 1.29 is 9.59 Å². The van der Waals surface area contributed by atoms with Crippen molar-refractivity contribution in [1.82, 2.24) is 15.3 Å². The number of anilines is 1. The van der Waals surface area contributed by atoms with Gasteiger partial charge in [-0.2, -0.15) is 0 Å². The predicted molar refractivity (Wildman–Crippen MR) is 122 cm³/mol. The summed E-state index contributed by atoms with van der Waals surface area (Å²) in [5.41, 5.74) is 4.88. The lowest BCUT2D eigenvalue weighted by atomic mass is 9.94. The number of aromatic nitrogens is 2. The van der Waals surface area contributed by atoms with E-state index < -0.39 is 0 Å². The lowest BCUT2D eigenvalue weighted by Crippen LogP contribution is -2.19. The highest BCUT2D eigenvalue weighted by Crippen LogP contribution is 2.31. The van der Waals surface area contributed by atoms with E-state index in [4.69, 9.17) is 0 Å². The van der Waals surface area contributed by atoms with E-state index in [0.717, 1.165) is 40.6 Å². The summed E-state index contributed by atoms with van der Waals surface area (Å²) in [4.78, 5) is 32.9. The van der Waals surface area contributed by atoms with Crippen LogP contribution in [0.15, 0.2) is 43.2 Å². The first kappa shape index (κ1) is 21.3. The Labute approximate surface area is 176 Å². The monoisotopic (exact) mass is 404 g/mol. The molecule has 2 amide bonds. The van der Waals surface area contributed by atoms with Gasteiger partial charge in [0.05, 0.1) is 5.56 Å². The number of carbonyl (C=O) groups is 2. The zero-order valence-electron chi connectivity index (χ0n) is 17.7. The molecule has 0 spiro atoms. The Balaban J connectivity index is 1.93. The van der Waals surface area contributed by atoms with Crippen LogP contribution in [-0.4, -0.2) is 28.8 Å². The molecule has 30 heavy (non-hydrogen) atoms. The van der Waals surface area contributed by atoms with Crippen LogP contribution in [0.1, 0.15) is 59.8 Å². The molecule has 156 valence electrons. The SMILES string of the molecule is C=Cc1c(CC)[nH]c2cc(NC(=O)CC(CC)c3cccnc3)cc(C(=O)NC)c12. The molecule has 0 aliphatic carbocycles. The van der Waals surface area contributed by atoms with Gasteiger partial charge in [-0.3, -0.25) is 14.6 Å². The average Bonchev–Trinajstić information content (AvgIpc) is 3.14. The van der Waals surface area contributed by atoms with Crippen molar-refractivity contribution in [3.63, 3.8) is 0 Å². The van der Waals surface area contributed by atoms with Crippen LogP contribution in [0, 0.1) is 0 Å². The molecule has 3 rings (SSSR count). The average molecular weight is 405 g/mol. The topological polar surface area (TPSA) is 86.9 Å². The largest absolute Gasteiger partial charge is 0.358 e. The minimum atomic E-state index is -0.206. The Morgan fingerprint density at radius 3 is 2.70 bits per heavy atom. The van der Waals surface area contributed by atoms with Crippen LogP contribution in [0.4, 0.5) is 5.69 Å². The molecule has 3 N–H and O–H groups in total. The highest BCUT2D eigenvalue weighted by molar-refractivity contribution is 6.11. The Hall–Kier alpha value is -3.41. The van der Waals surface area contributed by atoms with Gasteiger partial charge in [-0.1, -0.05) is 32.6 Å². The Morgan fingerprint density at radius 1 is 1.30 bits per heavy atom. The molecule has 0 saturated carbocycles. The van der Waals surface area contributed by atoms with Gasteiger partial charge >= 0.3 is 0 Å². The van der Waals surface area contributed by atoms with Gasteiger partial charge in [-0.05, 0) is 42.5 Å². The van der Waals surface area contributed by atoms with Crippen LogP contribution >= 0.6 is 0 Å². The number of benzene rings is 1. The Morgan fingerprint density at radius 2 is 2.10 bits per heavy atom. The minimum absolute atomic E-state index is 0.0883. The molecule has 0 saturated heterocycles. The number of aryl methyl sites for hydroxylation is 1. The molecule has 1 aromatic carbocycles. The molecule has 3 aromatic rings. The summed E-state index contributed by atoms with van der Waals surface area (Å²) in [6, 6.07) is 7.47. The van der Waals surface area contributed by atoms with Crippen LogP contribution in [0.5, 0.6) is 0 Å². The zero-order valence-corrected chi connectivity index (χ0v) is 17.7. The van der Waals surface area contributed by atoms with Crippen molar-refractivity contribution >= 4 is 34.5 Å². The van der Waals surface area contributed by atoms with Crippen molar-refractivity contribution in [2.24, 2.45) is 0 Å². The number of H-pyrrole nitrogens is 1. The summed E-state index contributed by atoms with van der Waals surface area (Å²) in [5.74, 6) is -0.216. The summed E-state index contributed by atoms with van der Waals surface area (Å²) in [6.07, 6.45) is 7.26. The lowest BCUT2D eigenvalue weighted by molar-refractivity contribution is -0.116. The van der Waals surface area contributed by atoms with Crippen molar-refractivity contribution in [3.8, 4) is 0 Å². The molecular weight excluding hydrogens is 376 g/mol. The van der Waals surface area contributed by atoms with E-state index in [0.29, 0.717) is 17.7 Å². The third-order valence-electron chi connectivity index (χ3n) is 5.41. The standard InChI is InChI=1S/C24H28N4O2/c1-5-15(16-9-8-10-26-14-16)11-22(29)27-17-12-19(24(30)25-4)23-18(6-2)20(7-3)28-21(23)13-17/h6,8-10,12-15,28H,2,5,7,11H2,1,3-4H3,(H,25,30)(H,27,29). The molecular formula is C24H28N4O2. The highest BCUT2D eigenvalue weighted by atomic mass is 16.2. The van der Waals surface area contributed by atoms with Gasteiger partial charge in [-0.25, -0.2) is 0 Å². The number of nitrogens with zero attached hydrogens (tertiary/aromatic N) is 1. The number of hydrogen-bond donors (Lipinski definition) is 3. The second-order valence-electron chi connectivity index (χ2n) is 7.24. The second-order valence-corrected chi connectivity index (χ2v) is 7.24. The van der Waals surface area contributed by atoms with Crippen LogP contribution in [0.2, 0.25) is 0 Å². The van der Waals surface area contributed by atoms with Gasteiger partial charge in [0.1, 0.15) is 0 Å². The van der Waals surface area contributed by atoms with Crippen LogP contribution < -0.4 is 10.6 Å². The maximum atomic E-state index is 12.8. The fourth-order valence-corrected chi connectivity index (χ4v) is 3.85. The number of pyridine rings is 1. The van der Waals surface area contributed by atoms with E-state index in [1.165, 1.54) is 0 Å². The Bertz CT molecular complexity index is 1070. The van der Waals surface area contributed by atoms with E-state index in [1.54, 1.807) is 31.6 Å². The van der Waals surface area contributed by atoms with Crippen molar-refractivity contribution in [2.45, 2.75) is 39.0 Å². The summed E-state index contributed by atoms with van der Waals surface area (Å²) in [5, 5.41) is 6.48. The van der Waals surface area contributed by atoms with Gasteiger partial charge in [0.2, 0.25) is 5.91 Å². The van der Waals surface area contributed by atoms with Gasteiger partial charge in [0.15, 0.2) is 0 Å². The second kappa shape index (κ2) is 9.39. The number of amides is 2. The van der Waals surface area contributed by atoms with Gasteiger partial charge in [-0.15, -0.1) is 0 Å². The van der Waals surface area contributed by atoms with Gasteiger partial charge in [0.25, 0.3) is 5.91 Å². The molecule has 0 radical (unpaired) electrons. The molecule has 6 heteroatoms. The van der Waals surface area contributed by atoms with E-state index in [-0.39, 0.29) is 17.7 Å². The number of rotatable bonds is 8. The van der Waals surface area contributed by atoms with Crippen molar-refractivity contribution in [1.29, 1.82) is 0 Å². The number of hydrogen-bond acceptors (Lipinski definition) is 3.